The maximum Gasteiger partial charge on any atom is 0.226 e. The Hall–Kier alpha value is -2.86. The Bertz CT molecular complexity index is 1010. The van der Waals surface area contributed by atoms with E-state index in [9.17, 15) is 14.7 Å². The van der Waals surface area contributed by atoms with E-state index in [1.54, 1.807) is 18.9 Å². The summed E-state index contributed by atoms with van der Waals surface area (Å²) in [6.45, 7) is 2.59. The highest BCUT2D eigenvalue weighted by atomic mass is 16.5. The third kappa shape index (κ3) is 3.12. The van der Waals surface area contributed by atoms with Crippen molar-refractivity contribution in [2.24, 2.45) is 5.92 Å². The van der Waals surface area contributed by atoms with E-state index in [1.165, 1.54) is 0 Å². The zero-order chi connectivity index (χ0) is 21.8. The minimum Gasteiger partial charge on any atom is -0.497 e. The maximum atomic E-state index is 13.0. The maximum absolute atomic E-state index is 13.0. The molecular formula is C25H28N2O4. The van der Waals surface area contributed by atoms with Gasteiger partial charge in [-0.3, -0.25) is 9.59 Å². The van der Waals surface area contributed by atoms with E-state index in [0.717, 1.165) is 35.3 Å². The number of carbonyl (C=O) groups excluding carboxylic acids is 2. The van der Waals surface area contributed by atoms with E-state index >= 15 is 0 Å². The highest BCUT2D eigenvalue weighted by Crippen LogP contribution is 2.55. The largest absolute Gasteiger partial charge is 0.497 e. The van der Waals surface area contributed by atoms with E-state index in [2.05, 4.69) is 24.3 Å². The van der Waals surface area contributed by atoms with Gasteiger partial charge in [0.1, 0.15) is 5.75 Å². The summed E-state index contributed by atoms with van der Waals surface area (Å²) in [7, 11) is 1.66. The summed E-state index contributed by atoms with van der Waals surface area (Å²) >= 11 is 0. The van der Waals surface area contributed by atoms with Gasteiger partial charge in [0.25, 0.3) is 0 Å². The van der Waals surface area contributed by atoms with Crippen molar-refractivity contribution in [2.45, 2.75) is 37.3 Å². The predicted molar refractivity (Wildman–Crippen MR) is 117 cm³/mol. The molecule has 162 valence electrons. The molecule has 2 aromatic rings. The molecule has 2 aromatic carbocycles. The molecule has 31 heavy (non-hydrogen) atoms. The Kier molecular flexibility index (Phi) is 4.77. The quantitative estimate of drug-likeness (QED) is 0.808. The van der Waals surface area contributed by atoms with Crippen molar-refractivity contribution in [1.82, 2.24) is 9.80 Å². The molecule has 0 bridgehead atoms. The summed E-state index contributed by atoms with van der Waals surface area (Å²) in [5.41, 5.74) is 2.87. The van der Waals surface area contributed by atoms with E-state index < -0.39 is 5.54 Å². The van der Waals surface area contributed by atoms with Crippen LogP contribution in [-0.4, -0.2) is 65.1 Å². The Morgan fingerprint density at radius 1 is 1.10 bits per heavy atom. The molecular weight excluding hydrogens is 392 g/mol. The van der Waals surface area contributed by atoms with Crippen LogP contribution in [0.4, 0.5) is 0 Å². The molecule has 1 saturated carbocycles. The van der Waals surface area contributed by atoms with E-state index in [-0.39, 0.29) is 36.3 Å². The fourth-order valence-electron chi connectivity index (χ4n) is 5.41. The van der Waals surface area contributed by atoms with Crippen molar-refractivity contribution in [3.63, 3.8) is 0 Å². The molecule has 2 saturated heterocycles. The number of amides is 2. The second-order valence-electron chi connectivity index (χ2n) is 9.04. The van der Waals surface area contributed by atoms with Gasteiger partial charge >= 0.3 is 0 Å². The fourth-order valence-corrected chi connectivity index (χ4v) is 5.41. The smallest absolute Gasteiger partial charge is 0.226 e. The van der Waals surface area contributed by atoms with E-state index in [4.69, 9.17) is 4.74 Å². The third-order valence-corrected chi connectivity index (χ3v) is 7.17. The zero-order valence-corrected chi connectivity index (χ0v) is 18.0. The van der Waals surface area contributed by atoms with Crippen molar-refractivity contribution >= 4 is 11.8 Å². The van der Waals surface area contributed by atoms with Gasteiger partial charge in [-0.05, 0) is 41.7 Å². The lowest BCUT2D eigenvalue weighted by Gasteiger charge is -2.70. The van der Waals surface area contributed by atoms with Gasteiger partial charge in [0, 0.05) is 31.8 Å². The van der Waals surface area contributed by atoms with Crippen molar-refractivity contribution in [1.29, 1.82) is 0 Å². The number of rotatable bonds is 5. The first-order chi connectivity index (χ1) is 15.0. The van der Waals surface area contributed by atoms with Gasteiger partial charge in [-0.2, -0.15) is 0 Å². The van der Waals surface area contributed by atoms with Crippen LogP contribution in [0, 0.1) is 5.92 Å². The summed E-state index contributed by atoms with van der Waals surface area (Å²) < 4.78 is 5.33. The van der Waals surface area contributed by atoms with Crippen LogP contribution in [0.2, 0.25) is 0 Å². The minimum absolute atomic E-state index is 0.0233. The summed E-state index contributed by atoms with van der Waals surface area (Å²) in [6.07, 6.45) is 1.86. The van der Waals surface area contributed by atoms with Crippen molar-refractivity contribution in [2.75, 3.05) is 26.8 Å². The van der Waals surface area contributed by atoms with Gasteiger partial charge in [-0.1, -0.05) is 36.4 Å². The average Bonchev–Trinajstić information content (AvgIpc) is 3.58. The minimum atomic E-state index is -0.393. The third-order valence-electron chi connectivity index (χ3n) is 7.17. The second kappa shape index (κ2) is 7.38. The standard InChI is InChI=1S/C25H28N2O4/c1-16(29)26-14-25(15-26)23(22(13-28)27(25)24(30)19-10-11-19)18-8-6-17(7-9-18)20-4-3-5-21(12-20)31-2/h3-9,12,19,22-23,28H,10-11,13-15H2,1-2H3/t22-,23+/m1/s1. The molecule has 6 heteroatoms. The molecule has 6 nitrogen and oxygen atoms in total. The number of nitrogens with zero attached hydrogens (tertiary/aromatic N) is 2. The number of methoxy groups -OCH3 is 1. The summed E-state index contributed by atoms with van der Waals surface area (Å²) in [5.74, 6) is 1.10. The predicted octanol–water partition coefficient (Wildman–Crippen LogP) is 2.66. The Labute approximate surface area is 182 Å². The van der Waals surface area contributed by atoms with Crippen LogP contribution in [0.5, 0.6) is 5.75 Å². The van der Waals surface area contributed by atoms with Crippen molar-refractivity contribution in [3.8, 4) is 16.9 Å². The molecule has 2 aliphatic heterocycles. The highest BCUT2D eigenvalue weighted by molar-refractivity contribution is 5.85. The van der Waals surface area contributed by atoms with Crippen LogP contribution < -0.4 is 4.74 Å². The van der Waals surface area contributed by atoms with E-state index in [0.29, 0.717) is 13.1 Å². The van der Waals surface area contributed by atoms with Gasteiger partial charge in [-0.25, -0.2) is 0 Å². The lowest BCUT2D eigenvalue weighted by Crippen LogP contribution is -2.86. The Morgan fingerprint density at radius 2 is 1.81 bits per heavy atom. The lowest BCUT2D eigenvalue weighted by atomic mass is 9.60. The molecule has 2 amide bonds. The Balaban J connectivity index is 1.44. The van der Waals surface area contributed by atoms with Gasteiger partial charge in [0.15, 0.2) is 0 Å². The SMILES string of the molecule is COc1cccc(-c2ccc([C@H]3[C@@H](CO)N(C(=O)C4CC4)C34CN(C(C)=O)C4)cc2)c1. The van der Waals surface area contributed by atoms with Crippen LogP contribution in [-0.2, 0) is 9.59 Å². The number of benzene rings is 2. The number of likely N-dealkylation sites (tertiary alicyclic amines) is 2. The molecule has 1 aliphatic carbocycles. The highest BCUT2D eigenvalue weighted by Gasteiger charge is 2.68. The molecule has 3 aliphatic rings. The normalized spacial score (nSPS) is 23.8. The number of hydrogen-bond donors (Lipinski definition) is 1. The molecule has 1 N–H and O–H groups in total. The molecule has 0 aromatic heterocycles. The topological polar surface area (TPSA) is 70.1 Å². The molecule has 0 radical (unpaired) electrons. The lowest BCUT2D eigenvalue weighted by molar-refractivity contribution is -0.203. The molecule has 5 rings (SSSR count). The van der Waals surface area contributed by atoms with Crippen molar-refractivity contribution in [3.05, 3.63) is 54.1 Å². The molecule has 2 heterocycles. The number of ether oxygens (including phenoxy) is 1. The monoisotopic (exact) mass is 420 g/mol. The van der Waals surface area contributed by atoms with Crippen LogP contribution in [0.25, 0.3) is 11.1 Å². The zero-order valence-electron chi connectivity index (χ0n) is 18.0. The Morgan fingerprint density at radius 3 is 2.39 bits per heavy atom. The second-order valence-corrected chi connectivity index (χ2v) is 9.04. The summed E-state index contributed by atoms with van der Waals surface area (Å²) in [4.78, 5) is 28.6. The first-order valence-electron chi connectivity index (χ1n) is 10.9. The number of carbonyl (C=O) groups is 2. The van der Waals surface area contributed by atoms with Crippen LogP contribution in [0.3, 0.4) is 0 Å². The first-order valence-corrected chi connectivity index (χ1v) is 10.9. The van der Waals surface area contributed by atoms with Gasteiger partial charge in [-0.15, -0.1) is 0 Å². The van der Waals surface area contributed by atoms with Gasteiger partial charge < -0.3 is 19.6 Å². The van der Waals surface area contributed by atoms with Gasteiger partial charge in [0.2, 0.25) is 11.8 Å². The number of hydrogen-bond acceptors (Lipinski definition) is 4. The van der Waals surface area contributed by atoms with Crippen LogP contribution in [0.15, 0.2) is 48.5 Å². The number of aliphatic hydroxyl groups is 1. The number of aliphatic hydroxyl groups excluding tert-OH is 1. The molecule has 1 spiro atoms. The van der Waals surface area contributed by atoms with Crippen LogP contribution in [0.1, 0.15) is 31.2 Å². The van der Waals surface area contributed by atoms with Crippen molar-refractivity contribution < 1.29 is 19.4 Å². The molecule has 0 unspecified atom stereocenters. The first kappa shape index (κ1) is 20.1. The summed E-state index contributed by atoms with van der Waals surface area (Å²) in [6, 6.07) is 16.1. The molecule has 3 fully saturated rings. The fraction of sp³-hybridized carbons (Fsp3) is 0.440. The van der Waals surface area contributed by atoms with Gasteiger partial charge in [0.05, 0.1) is 25.3 Å². The molecule has 2 atom stereocenters. The van der Waals surface area contributed by atoms with E-state index in [1.807, 2.05) is 29.2 Å². The average molecular weight is 421 g/mol. The van der Waals surface area contributed by atoms with Crippen LogP contribution >= 0.6 is 0 Å². The summed E-state index contributed by atoms with van der Waals surface area (Å²) in [5, 5.41) is 10.2.